The largest absolute Gasteiger partial charge is 0.483 e. The van der Waals surface area contributed by atoms with Crippen LogP contribution in [0.2, 0.25) is 0 Å². The number of benzene rings is 2. The van der Waals surface area contributed by atoms with Gasteiger partial charge in [-0.3, -0.25) is 4.79 Å². The second-order valence-corrected chi connectivity index (χ2v) is 6.54. The minimum atomic E-state index is -0.246. The van der Waals surface area contributed by atoms with E-state index in [1.807, 2.05) is 62.4 Å². The third-order valence-electron chi connectivity index (χ3n) is 3.57. The second kappa shape index (κ2) is 7.53. The molecule has 0 saturated carbocycles. The van der Waals surface area contributed by atoms with Crippen molar-refractivity contribution >= 4 is 27.7 Å². The van der Waals surface area contributed by atoms with Crippen LogP contribution < -0.4 is 10.1 Å². The van der Waals surface area contributed by atoms with Crippen LogP contribution in [-0.2, 0) is 4.79 Å². The molecule has 2 aromatic carbocycles. The molecule has 0 aliphatic heterocycles. The summed E-state index contributed by atoms with van der Waals surface area (Å²) in [6.07, 6.45) is 0. The Balaban J connectivity index is 1.71. The van der Waals surface area contributed by atoms with E-state index in [1.54, 1.807) is 10.7 Å². The van der Waals surface area contributed by atoms with Gasteiger partial charge in [-0.05, 0) is 54.0 Å². The lowest BCUT2D eigenvalue weighted by Crippen LogP contribution is -2.22. The highest BCUT2D eigenvalue weighted by molar-refractivity contribution is 9.10. The van der Waals surface area contributed by atoms with Gasteiger partial charge in [0, 0.05) is 6.07 Å². The number of hydrogen-bond donors (Lipinski definition) is 1. The molecule has 1 aromatic heterocycles. The number of carbonyl (C=O) groups is 1. The minimum Gasteiger partial charge on any atom is -0.483 e. The van der Waals surface area contributed by atoms with Gasteiger partial charge in [0.2, 0.25) is 0 Å². The zero-order valence-electron chi connectivity index (χ0n) is 14.0. The van der Waals surface area contributed by atoms with E-state index in [1.165, 1.54) is 5.56 Å². The van der Waals surface area contributed by atoms with E-state index in [4.69, 9.17) is 4.74 Å². The van der Waals surface area contributed by atoms with E-state index >= 15 is 0 Å². The third-order valence-corrected chi connectivity index (χ3v) is 4.23. The fraction of sp³-hybridized carbons (Fsp3) is 0.158. The molecule has 5 nitrogen and oxygen atoms in total. The van der Waals surface area contributed by atoms with Gasteiger partial charge in [-0.2, -0.15) is 5.10 Å². The molecular formula is C19H18BrN3O2. The van der Waals surface area contributed by atoms with Crippen LogP contribution in [0.25, 0.3) is 5.69 Å². The standard InChI is InChI=1S/C19H18BrN3O2/c1-13-7-9-15(10-8-13)23-18(11-14(2)22-23)21-19(24)12-25-17-6-4-3-5-16(17)20/h3-11H,12H2,1-2H3,(H,21,24). The van der Waals surface area contributed by atoms with Crippen LogP contribution >= 0.6 is 15.9 Å². The van der Waals surface area contributed by atoms with Crippen molar-refractivity contribution in [1.29, 1.82) is 0 Å². The number of carbonyl (C=O) groups excluding carboxylic acids is 1. The monoisotopic (exact) mass is 399 g/mol. The molecule has 0 aliphatic rings. The SMILES string of the molecule is Cc1ccc(-n2nc(C)cc2NC(=O)COc2ccccc2Br)cc1. The molecule has 0 aliphatic carbocycles. The van der Waals surface area contributed by atoms with Crippen LogP contribution in [0, 0.1) is 13.8 Å². The lowest BCUT2D eigenvalue weighted by molar-refractivity contribution is -0.118. The first-order valence-electron chi connectivity index (χ1n) is 7.84. The Morgan fingerprint density at radius 2 is 1.88 bits per heavy atom. The zero-order valence-corrected chi connectivity index (χ0v) is 15.6. The summed E-state index contributed by atoms with van der Waals surface area (Å²) in [6.45, 7) is 3.83. The van der Waals surface area contributed by atoms with Crippen molar-refractivity contribution in [2.45, 2.75) is 13.8 Å². The maximum atomic E-state index is 12.3. The minimum absolute atomic E-state index is 0.0826. The molecule has 0 atom stereocenters. The Hall–Kier alpha value is -2.60. The highest BCUT2D eigenvalue weighted by Gasteiger charge is 2.12. The first kappa shape index (κ1) is 17.2. The van der Waals surface area contributed by atoms with E-state index < -0.39 is 0 Å². The fourth-order valence-corrected chi connectivity index (χ4v) is 2.75. The molecule has 0 fully saturated rings. The van der Waals surface area contributed by atoms with E-state index in [2.05, 4.69) is 26.3 Å². The van der Waals surface area contributed by atoms with Gasteiger partial charge in [-0.25, -0.2) is 4.68 Å². The number of amides is 1. The Labute approximate surface area is 154 Å². The quantitative estimate of drug-likeness (QED) is 0.696. The van der Waals surface area contributed by atoms with Crippen molar-refractivity contribution in [3.05, 3.63) is 70.3 Å². The van der Waals surface area contributed by atoms with Crippen molar-refractivity contribution < 1.29 is 9.53 Å². The molecule has 3 rings (SSSR count). The average molecular weight is 400 g/mol. The smallest absolute Gasteiger partial charge is 0.263 e. The summed E-state index contributed by atoms with van der Waals surface area (Å²) < 4.78 is 8.07. The van der Waals surface area contributed by atoms with Crippen molar-refractivity contribution in [2.24, 2.45) is 0 Å². The molecule has 0 bridgehead atoms. The van der Waals surface area contributed by atoms with Gasteiger partial charge < -0.3 is 10.1 Å². The molecule has 0 spiro atoms. The molecule has 1 N–H and O–H groups in total. The topological polar surface area (TPSA) is 56.2 Å². The van der Waals surface area contributed by atoms with E-state index in [0.717, 1.165) is 15.9 Å². The Bertz CT molecular complexity index is 888. The first-order chi connectivity index (χ1) is 12.0. The molecule has 3 aromatic rings. The van der Waals surface area contributed by atoms with E-state index in [9.17, 15) is 4.79 Å². The maximum Gasteiger partial charge on any atom is 0.263 e. The Morgan fingerprint density at radius 3 is 2.60 bits per heavy atom. The summed E-state index contributed by atoms with van der Waals surface area (Å²) in [5, 5.41) is 7.31. The Kier molecular flexibility index (Phi) is 5.19. The molecule has 0 saturated heterocycles. The van der Waals surface area contributed by atoms with Crippen LogP contribution in [0.4, 0.5) is 5.82 Å². The highest BCUT2D eigenvalue weighted by Crippen LogP contribution is 2.24. The molecule has 0 unspecified atom stereocenters. The Morgan fingerprint density at radius 1 is 1.16 bits per heavy atom. The van der Waals surface area contributed by atoms with Crippen LogP contribution in [0.15, 0.2) is 59.1 Å². The number of aryl methyl sites for hydroxylation is 2. The summed E-state index contributed by atoms with van der Waals surface area (Å²) in [5.74, 6) is 0.993. The molecular weight excluding hydrogens is 382 g/mol. The predicted molar refractivity (Wildman–Crippen MR) is 101 cm³/mol. The molecule has 0 radical (unpaired) electrons. The van der Waals surface area contributed by atoms with Crippen molar-refractivity contribution in [1.82, 2.24) is 9.78 Å². The summed E-state index contributed by atoms with van der Waals surface area (Å²) >= 11 is 3.39. The summed E-state index contributed by atoms with van der Waals surface area (Å²) in [5.41, 5.74) is 2.88. The van der Waals surface area contributed by atoms with Gasteiger partial charge in [0.25, 0.3) is 5.91 Å². The lowest BCUT2D eigenvalue weighted by atomic mass is 10.2. The normalized spacial score (nSPS) is 10.5. The van der Waals surface area contributed by atoms with Gasteiger partial charge in [0.05, 0.1) is 15.9 Å². The van der Waals surface area contributed by atoms with E-state index in [-0.39, 0.29) is 12.5 Å². The fourth-order valence-electron chi connectivity index (χ4n) is 2.36. The number of rotatable bonds is 5. The van der Waals surface area contributed by atoms with Gasteiger partial charge in [-0.15, -0.1) is 0 Å². The number of nitrogens with one attached hydrogen (secondary N) is 1. The lowest BCUT2D eigenvalue weighted by Gasteiger charge is -2.10. The van der Waals surface area contributed by atoms with Gasteiger partial charge >= 0.3 is 0 Å². The number of para-hydroxylation sites is 1. The number of hydrogen-bond acceptors (Lipinski definition) is 3. The average Bonchev–Trinajstić information content (AvgIpc) is 2.95. The number of anilines is 1. The molecule has 1 amide bonds. The molecule has 25 heavy (non-hydrogen) atoms. The van der Waals surface area contributed by atoms with Gasteiger partial charge in [0.15, 0.2) is 6.61 Å². The van der Waals surface area contributed by atoms with E-state index in [0.29, 0.717) is 11.6 Å². The molecule has 1 heterocycles. The number of halogens is 1. The predicted octanol–water partition coefficient (Wildman–Crippen LogP) is 4.27. The van der Waals surface area contributed by atoms with Crippen molar-refractivity contribution in [2.75, 3.05) is 11.9 Å². The van der Waals surface area contributed by atoms with Crippen LogP contribution in [0.5, 0.6) is 5.75 Å². The summed E-state index contributed by atoms with van der Waals surface area (Å²) in [6, 6.07) is 17.2. The summed E-state index contributed by atoms with van der Waals surface area (Å²) in [7, 11) is 0. The number of aromatic nitrogens is 2. The molecule has 6 heteroatoms. The van der Waals surface area contributed by atoms with Gasteiger partial charge in [0.1, 0.15) is 11.6 Å². The second-order valence-electron chi connectivity index (χ2n) is 5.69. The van der Waals surface area contributed by atoms with Crippen LogP contribution in [0.1, 0.15) is 11.3 Å². The summed E-state index contributed by atoms with van der Waals surface area (Å²) in [4.78, 5) is 12.3. The van der Waals surface area contributed by atoms with Crippen LogP contribution in [0.3, 0.4) is 0 Å². The van der Waals surface area contributed by atoms with Crippen LogP contribution in [-0.4, -0.2) is 22.3 Å². The zero-order chi connectivity index (χ0) is 17.8. The first-order valence-corrected chi connectivity index (χ1v) is 8.63. The van der Waals surface area contributed by atoms with Crippen molar-refractivity contribution in [3.63, 3.8) is 0 Å². The number of ether oxygens (including phenoxy) is 1. The van der Waals surface area contributed by atoms with Gasteiger partial charge in [-0.1, -0.05) is 29.8 Å². The number of nitrogens with zero attached hydrogens (tertiary/aromatic N) is 2. The third kappa shape index (κ3) is 4.28. The maximum absolute atomic E-state index is 12.3. The highest BCUT2D eigenvalue weighted by atomic mass is 79.9. The molecule has 128 valence electrons. The van der Waals surface area contributed by atoms with Crippen molar-refractivity contribution in [3.8, 4) is 11.4 Å².